The SMILES string of the molecule is CCC1C(=O)C2C(CC[C@@]3(C)C2CC[C@@H]3[C@H](C)CCC(=O)O)[C@@]2(C)CCCCC12. The molecule has 4 aliphatic rings. The molecular formula is C26H42O3. The van der Waals surface area contributed by atoms with Crippen LogP contribution in [0.5, 0.6) is 0 Å². The van der Waals surface area contributed by atoms with Crippen LogP contribution in [0.25, 0.3) is 0 Å². The number of carboxylic acid groups (broad SMARTS) is 1. The number of carboxylic acids is 1. The van der Waals surface area contributed by atoms with Crippen LogP contribution in [0.3, 0.4) is 0 Å². The van der Waals surface area contributed by atoms with Gasteiger partial charge in [-0.2, -0.15) is 0 Å². The fraction of sp³-hybridized carbons (Fsp3) is 0.923. The minimum Gasteiger partial charge on any atom is -0.481 e. The number of ketones is 1. The Hall–Kier alpha value is -0.860. The van der Waals surface area contributed by atoms with Crippen LogP contribution in [0.1, 0.15) is 98.3 Å². The Kier molecular flexibility index (Phi) is 5.66. The van der Waals surface area contributed by atoms with E-state index in [4.69, 9.17) is 5.11 Å². The standard InChI is InChI=1S/C26H42O3/c1-5-17-19-8-6-7-14-25(19,3)21-13-15-26(4)18(16(2)9-12-22(27)28)10-11-20(26)23(21)24(17)29/h16-21,23H,5-15H2,1-4H3,(H,27,28)/t16-,17?,18-,19?,20?,21?,23?,25+,26-/m1/s1. The maximum atomic E-state index is 13.9. The smallest absolute Gasteiger partial charge is 0.303 e. The average Bonchev–Trinajstić information content (AvgIpc) is 3.04. The van der Waals surface area contributed by atoms with Crippen molar-refractivity contribution in [2.24, 2.45) is 52.3 Å². The molecule has 0 bridgehead atoms. The minimum atomic E-state index is -0.676. The van der Waals surface area contributed by atoms with Gasteiger partial charge in [0.2, 0.25) is 0 Å². The zero-order valence-electron chi connectivity index (χ0n) is 19.1. The highest BCUT2D eigenvalue weighted by atomic mass is 16.4. The minimum absolute atomic E-state index is 0.227. The number of carbonyl (C=O) groups is 2. The van der Waals surface area contributed by atoms with E-state index in [2.05, 4.69) is 27.7 Å². The van der Waals surface area contributed by atoms with Crippen LogP contribution in [0.15, 0.2) is 0 Å². The number of hydrogen-bond acceptors (Lipinski definition) is 2. The number of rotatable bonds is 5. The van der Waals surface area contributed by atoms with E-state index < -0.39 is 5.97 Å². The van der Waals surface area contributed by atoms with Crippen LogP contribution in [0.4, 0.5) is 0 Å². The van der Waals surface area contributed by atoms with E-state index >= 15 is 0 Å². The molecule has 0 heterocycles. The molecule has 29 heavy (non-hydrogen) atoms. The van der Waals surface area contributed by atoms with E-state index in [9.17, 15) is 9.59 Å². The molecule has 0 spiro atoms. The first-order valence-electron chi connectivity index (χ1n) is 12.5. The second-order valence-electron chi connectivity index (χ2n) is 11.7. The summed E-state index contributed by atoms with van der Waals surface area (Å²) >= 11 is 0. The van der Waals surface area contributed by atoms with Gasteiger partial charge in [-0.3, -0.25) is 9.59 Å². The van der Waals surface area contributed by atoms with Gasteiger partial charge in [0, 0.05) is 18.3 Å². The van der Waals surface area contributed by atoms with Crippen molar-refractivity contribution in [2.75, 3.05) is 0 Å². The van der Waals surface area contributed by atoms with E-state index in [1.54, 1.807) is 0 Å². The molecule has 0 aromatic rings. The third-order valence-corrected chi connectivity index (χ3v) is 10.6. The van der Waals surface area contributed by atoms with Crippen LogP contribution in [-0.4, -0.2) is 16.9 Å². The van der Waals surface area contributed by atoms with E-state index in [-0.39, 0.29) is 23.7 Å². The van der Waals surface area contributed by atoms with Gasteiger partial charge in [-0.1, -0.05) is 40.5 Å². The quantitative estimate of drug-likeness (QED) is 0.583. The van der Waals surface area contributed by atoms with E-state index in [0.717, 1.165) is 12.8 Å². The number of hydrogen-bond donors (Lipinski definition) is 1. The Labute approximate surface area is 177 Å². The van der Waals surface area contributed by atoms with Crippen molar-refractivity contribution in [1.82, 2.24) is 0 Å². The lowest BCUT2D eigenvalue weighted by atomic mass is 9.42. The second kappa shape index (κ2) is 7.68. The lowest BCUT2D eigenvalue weighted by molar-refractivity contribution is -0.168. The summed E-state index contributed by atoms with van der Waals surface area (Å²) < 4.78 is 0. The van der Waals surface area contributed by atoms with Crippen LogP contribution in [-0.2, 0) is 9.59 Å². The zero-order chi connectivity index (χ0) is 21.0. The molecule has 3 heteroatoms. The summed E-state index contributed by atoms with van der Waals surface area (Å²) in [7, 11) is 0. The highest BCUT2D eigenvalue weighted by Crippen LogP contribution is 2.68. The Morgan fingerprint density at radius 3 is 2.45 bits per heavy atom. The molecule has 0 saturated heterocycles. The van der Waals surface area contributed by atoms with E-state index in [1.807, 2.05) is 0 Å². The van der Waals surface area contributed by atoms with Gasteiger partial charge in [0.25, 0.3) is 0 Å². The van der Waals surface area contributed by atoms with Gasteiger partial charge in [-0.25, -0.2) is 0 Å². The van der Waals surface area contributed by atoms with Crippen molar-refractivity contribution in [3.8, 4) is 0 Å². The topological polar surface area (TPSA) is 54.4 Å². The molecule has 0 amide bonds. The molecule has 0 aliphatic heterocycles. The van der Waals surface area contributed by atoms with Gasteiger partial charge in [-0.05, 0) is 91.8 Å². The Morgan fingerprint density at radius 2 is 1.76 bits per heavy atom. The molecule has 3 nitrogen and oxygen atoms in total. The van der Waals surface area contributed by atoms with Gasteiger partial charge in [0.15, 0.2) is 0 Å². The summed E-state index contributed by atoms with van der Waals surface area (Å²) in [6, 6.07) is 0. The van der Waals surface area contributed by atoms with Crippen molar-refractivity contribution in [2.45, 2.75) is 98.3 Å². The second-order valence-corrected chi connectivity index (χ2v) is 11.7. The van der Waals surface area contributed by atoms with Gasteiger partial charge in [0.1, 0.15) is 5.78 Å². The number of Topliss-reactive ketones (excluding diaryl/α,β-unsaturated/α-hetero) is 1. The molecule has 4 saturated carbocycles. The number of fused-ring (bicyclic) bond motifs is 5. The molecular weight excluding hydrogens is 360 g/mol. The van der Waals surface area contributed by atoms with Crippen LogP contribution in [0.2, 0.25) is 0 Å². The van der Waals surface area contributed by atoms with Crippen molar-refractivity contribution in [3.05, 3.63) is 0 Å². The lowest BCUT2D eigenvalue weighted by Gasteiger charge is -2.62. The molecule has 0 aromatic carbocycles. The third kappa shape index (κ3) is 3.21. The number of carbonyl (C=O) groups excluding carboxylic acids is 1. The lowest BCUT2D eigenvalue weighted by Crippen LogP contribution is -2.59. The first kappa shape index (κ1) is 21.4. The first-order valence-corrected chi connectivity index (χ1v) is 12.5. The predicted octanol–water partition coefficient (Wildman–Crippen LogP) is 6.35. The van der Waals surface area contributed by atoms with Crippen LogP contribution >= 0.6 is 0 Å². The third-order valence-electron chi connectivity index (χ3n) is 10.6. The van der Waals surface area contributed by atoms with Crippen molar-refractivity contribution in [3.63, 3.8) is 0 Å². The van der Waals surface area contributed by atoms with Gasteiger partial charge in [0.05, 0.1) is 0 Å². The molecule has 0 aromatic heterocycles. The molecule has 4 rings (SSSR count). The zero-order valence-corrected chi connectivity index (χ0v) is 19.1. The highest BCUT2D eigenvalue weighted by molar-refractivity contribution is 5.86. The Balaban J connectivity index is 1.62. The van der Waals surface area contributed by atoms with Crippen LogP contribution < -0.4 is 0 Å². The summed E-state index contributed by atoms with van der Waals surface area (Å²) in [5, 5.41) is 9.14. The maximum Gasteiger partial charge on any atom is 0.303 e. The highest BCUT2D eigenvalue weighted by Gasteiger charge is 2.64. The fourth-order valence-corrected chi connectivity index (χ4v) is 9.24. The largest absolute Gasteiger partial charge is 0.481 e. The summed E-state index contributed by atoms with van der Waals surface area (Å²) in [5.41, 5.74) is 0.594. The molecule has 5 unspecified atom stereocenters. The molecule has 164 valence electrons. The molecule has 1 N–H and O–H groups in total. The molecule has 4 aliphatic carbocycles. The van der Waals surface area contributed by atoms with Crippen molar-refractivity contribution >= 4 is 11.8 Å². The normalized spacial score (nSPS) is 47.8. The molecule has 4 fully saturated rings. The summed E-state index contributed by atoms with van der Waals surface area (Å²) in [6.07, 6.45) is 12.2. The predicted molar refractivity (Wildman–Crippen MR) is 115 cm³/mol. The van der Waals surface area contributed by atoms with Crippen LogP contribution in [0, 0.1) is 52.3 Å². The molecule has 9 atom stereocenters. The fourth-order valence-electron chi connectivity index (χ4n) is 9.24. The Bertz CT molecular complexity index is 656. The first-order chi connectivity index (χ1) is 13.7. The van der Waals surface area contributed by atoms with E-state index in [0.29, 0.717) is 40.8 Å². The maximum absolute atomic E-state index is 13.9. The Morgan fingerprint density at radius 1 is 1.03 bits per heavy atom. The van der Waals surface area contributed by atoms with Crippen molar-refractivity contribution < 1.29 is 14.7 Å². The van der Waals surface area contributed by atoms with Crippen molar-refractivity contribution in [1.29, 1.82) is 0 Å². The van der Waals surface area contributed by atoms with E-state index in [1.165, 1.54) is 51.4 Å². The summed E-state index contributed by atoms with van der Waals surface area (Å²) in [6.45, 7) is 9.52. The summed E-state index contributed by atoms with van der Waals surface area (Å²) in [5.74, 6) is 3.26. The average molecular weight is 403 g/mol. The molecule has 0 radical (unpaired) electrons. The number of aliphatic carboxylic acids is 1. The van der Waals surface area contributed by atoms with Gasteiger partial charge < -0.3 is 5.11 Å². The van der Waals surface area contributed by atoms with Gasteiger partial charge in [-0.15, -0.1) is 0 Å². The summed E-state index contributed by atoms with van der Waals surface area (Å²) in [4.78, 5) is 25.0. The van der Waals surface area contributed by atoms with Gasteiger partial charge >= 0.3 is 5.97 Å². The monoisotopic (exact) mass is 402 g/mol.